The number of nitrogens with one attached hydrogen (secondary N) is 1. The Hall–Kier alpha value is -2.24. The molecule has 0 unspecified atom stereocenters. The van der Waals surface area contributed by atoms with Crippen molar-refractivity contribution in [2.24, 2.45) is 0 Å². The van der Waals surface area contributed by atoms with Crippen LogP contribution in [0.3, 0.4) is 0 Å². The van der Waals surface area contributed by atoms with Crippen molar-refractivity contribution in [2.75, 3.05) is 25.7 Å². The van der Waals surface area contributed by atoms with Crippen LogP contribution in [-0.2, 0) is 4.79 Å². The van der Waals surface area contributed by atoms with Gasteiger partial charge in [-0.05, 0) is 12.1 Å². The van der Waals surface area contributed by atoms with Gasteiger partial charge in [-0.2, -0.15) is 0 Å². The molecule has 1 fully saturated rings. The van der Waals surface area contributed by atoms with Crippen LogP contribution in [0.5, 0.6) is 11.5 Å². The zero-order valence-electron chi connectivity index (χ0n) is 10.2. The van der Waals surface area contributed by atoms with Crippen LogP contribution < -0.4 is 19.7 Å². The van der Waals surface area contributed by atoms with Crippen molar-refractivity contribution < 1.29 is 19.1 Å². The molecule has 1 aromatic carbocycles. The van der Waals surface area contributed by atoms with Crippen LogP contribution in [-0.4, -0.2) is 32.7 Å². The number of anilines is 1. The van der Waals surface area contributed by atoms with Gasteiger partial charge in [-0.1, -0.05) is 0 Å². The highest BCUT2D eigenvalue weighted by atomic mass is 16.5. The number of urea groups is 1. The number of imide groups is 1. The van der Waals surface area contributed by atoms with E-state index in [9.17, 15) is 9.59 Å². The molecule has 0 radical (unpaired) electrons. The van der Waals surface area contributed by atoms with Crippen LogP contribution in [0.15, 0.2) is 18.2 Å². The minimum absolute atomic E-state index is 0.253. The maximum atomic E-state index is 11.7. The number of amides is 3. The van der Waals surface area contributed by atoms with Crippen LogP contribution in [0.2, 0.25) is 0 Å². The van der Waals surface area contributed by atoms with E-state index in [0.717, 1.165) is 0 Å². The molecular formula is C12H14N2O4. The molecule has 6 nitrogen and oxygen atoms in total. The number of hydrogen-bond donors (Lipinski definition) is 1. The van der Waals surface area contributed by atoms with Crippen molar-refractivity contribution in [3.05, 3.63) is 18.2 Å². The molecule has 1 aliphatic heterocycles. The van der Waals surface area contributed by atoms with Crippen molar-refractivity contribution in [3.63, 3.8) is 0 Å². The SMILES string of the molecule is COc1ccc(N2CCC(=O)NC2=O)cc1OC. The molecule has 0 atom stereocenters. The Balaban J connectivity index is 2.28. The molecule has 0 spiro atoms. The lowest BCUT2D eigenvalue weighted by Crippen LogP contribution is -2.49. The molecule has 1 heterocycles. The van der Waals surface area contributed by atoms with Gasteiger partial charge < -0.3 is 9.47 Å². The lowest BCUT2D eigenvalue weighted by atomic mass is 10.2. The van der Waals surface area contributed by atoms with Crippen LogP contribution in [0, 0.1) is 0 Å². The molecule has 2 rings (SSSR count). The summed E-state index contributed by atoms with van der Waals surface area (Å²) in [6.07, 6.45) is 0.292. The predicted molar refractivity (Wildman–Crippen MR) is 65.0 cm³/mol. The number of benzene rings is 1. The lowest BCUT2D eigenvalue weighted by molar-refractivity contribution is -0.120. The summed E-state index contributed by atoms with van der Waals surface area (Å²) >= 11 is 0. The van der Waals surface area contributed by atoms with Gasteiger partial charge in [0.25, 0.3) is 0 Å². The second-order valence-electron chi connectivity index (χ2n) is 3.79. The molecule has 1 aromatic rings. The van der Waals surface area contributed by atoms with Gasteiger partial charge >= 0.3 is 6.03 Å². The van der Waals surface area contributed by atoms with E-state index >= 15 is 0 Å². The second-order valence-corrected chi connectivity index (χ2v) is 3.79. The van der Waals surface area contributed by atoms with E-state index in [4.69, 9.17) is 9.47 Å². The van der Waals surface area contributed by atoms with Gasteiger partial charge in [0.1, 0.15) is 0 Å². The Morgan fingerprint density at radius 1 is 1.17 bits per heavy atom. The van der Waals surface area contributed by atoms with Crippen molar-refractivity contribution in [3.8, 4) is 11.5 Å². The minimum atomic E-state index is -0.418. The maximum Gasteiger partial charge on any atom is 0.328 e. The Labute approximate surface area is 104 Å². The summed E-state index contributed by atoms with van der Waals surface area (Å²) in [6.45, 7) is 0.361. The lowest BCUT2D eigenvalue weighted by Gasteiger charge is -2.27. The summed E-state index contributed by atoms with van der Waals surface area (Å²) in [6, 6.07) is 4.75. The molecule has 3 amide bonds. The Bertz CT molecular complexity index is 487. The maximum absolute atomic E-state index is 11.7. The zero-order chi connectivity index (χ0) is 13.1. The number of hydrogen-bond acceptors (Lipinski definition) is 4. The number of rotatable bonds is 3. The predicted octanol–water partition coefficient (Wildman–Crippen LogP) is 1.15. The Morgan fingerprint density at radius 2 is 1.89 bits per heavy atom. The molecule has 1 N–H and O–H groups in total. The molecule has 0 aromatic heterocycles. The molecule has 1 saturated heterocycles. The third-order valence-electron chi connectivity index (χ3n) is 2.73. The minimum Gasteiger partial charge on any atom is -0.493 e. The van der Waals surface area contributed by atoms with Gasteiger partial charge in [0.15, 0.2) is 11.5 Å². The van der Waals surface area contributed by atoms with E-state index in [-0.39, 0.29) is 5.91 Å². The fraction of sp³-hybridized carbons (Fsp3) is 0.333. The highest BCUT2D eigenvalue weighted by Gasteiger charge is 2.24. The molecule has 0 aliphatic carbocycles. The van der Waals surface area contributed by atoms with Crippen molar-refractivity contribution >= 4 is 17.6 Å². The van der Waals surface area contributed by atoms with Crippen LogP contribution >= 0.6 is 0 Å². The summed E-state index contributed by atoms with van der Waals surface area (Å²) in [7, 11) is 3.07. The van der Waals surface area contributed by atoms with Gasteiger partial charge in [0.2, 0.25) is 5.91 Å². The van der Waals surface area contributed by atoms with Gasteiger partial charge in [-0.3, -0.25) is 15.0 Å². The quantitative estimate of drug-likeness (QED) is 0.873. The topological polar surface area (TPSA) is 67.9 Å². The first-order valence-corrected chi connectivity index (χ1v) is 5.49. The van der Waals surface area contributed by atoms with Gasteiger partial charge in [0.05, 0.1) is 14.2 Å². The first-order valence-electron chi connectivity index (χ1n) is 5.49. The van der Waals surface area contributed by atoms with Crippen LogP contribution in [0.25, 0.3) is 0 Å². The summed E-state index contributed by atoms with van der Waals surface area (Å²) in [5.41, 5.74) is 0.664. The first-order chi connectivity index (χ1) is 8.65. The molecule has 18 heavy (non-hydrogen) atoms. The third kappa shape index (κ3) is 2.22. The van der Waals surface area contributed by atoms with E-state index < -0.39 is 6.03 Å². The highest BCUT2D eigenvalue weighted by molar-refractivity contribution is 6.05. The fourth-order valence-electron chi connectivity index (χ4n) is 1.80. The van der Waals surface area contributed by atoms with E-state index in [2.05, 4.69) is 5.32 Å². The normalized spacial score (nSPS) is 15.3. The van der Waals surface area contributed by atoms with E-state index in [1.54, 1.807) is 25.3 Å². The summed E-state index contributed by atoms with van der Waals surface area (Å²) in [4.78, 5) is 24.2. The molecule has 96 valence electrons. The summed E-state index contributed by atoms with van der Waals surface area (Å²) in [5.74, 6) is 0.881. The Morgan fingerprint density at radius 3 is 2.50 bits per heavy atom. The highest BCUT2D eigenvalue weighted by Crippen LogP contribution is 2.31. The fourth-order valence-corrected chi connectivity index (χ4v) is 1.80. The number of methoxy groups -OCH3 is 2. The third-order valence-corrected chi connectivity index (χ3v) is 2.73. The van der Waals surface area contributed by atoms with Crippen molar-refractivity contribution in [1.29, 1.82) is 0 Å². The number of nitrogens with zero attached hydrogens (tertiary/aromatic N) is 1. The molecule has 6 heteroatoms. The molecule has 0 bridgehead atoms. The summed E-state index contributed by atoms with van der Waals surface area (Å²) < 4.78 is 10.3. The van der Waals surface area contributed by atoms with Crippen LogP contribution in [0.1, 0.15) is 6.42 Å². The number of carbonyl (C=O) groups is 2. The molecule has 0 saturated carbocycles. The van der Waals surface area contributed by atoms with E-state index in [0.29, 0.717) is 30.2 Å². The largest absolute Gasteiger partial charge is 0.493 e. The van der Waals surface area contributed by atoms with E-state index in [1.807, 2.05) is 0 Å². The van der Waals surface area contributed by atoms with E-state index in [1.165, 1.54) is 12.0 Å². The molecule has 1 aliphatic rings. The summed E-state index contributed by atoms with van der Waals surface area (Å²) in [5, 5.41) is 2.27. The van der Waals surface area contributed by atoms with Crippen molar-refractivity contribution in [2.45, 2.75) is 6.42 Å². The molecular weight excluding hydrogens is 236 g/mol. The van der Waals surface area contributed by atoms with Gasteiger partial charge in [-0.15, -0.1) is 0 Å². The van der Waals surface area contributed by atoms with Gasteiger partial charge in [0, 0.05) is 24.7 Å². The van der Waals surface area contributed by atoms with Crippen molar-refractivity contribution in [1.82, 2.24) is 5.32 Å². The van der Waals surface area contributed by atoms with Crippen LogP contribution in [0.4, 0.5) is 10.5 Å². The second kappa shape index (κ2) is 4.95. The smallest absolute Gasteiger partial charge is 0.328 e. The Kier molecular flexibility index (Phi) is 3.36. The monoisotopic (exact) mass is 250 g/mol. The zero-order valence-corrected chi connectivity index (χ0v) is 10.2. The number of ether oxygens (including phenoxy) is 2. The first kappa shape index (κ1) is 12.2. The average molecular weight is 250 g/mol. The van der Waals surface area contributed by atoms with Gasteiger partial charge in [-0.25, -0.2) is 4.79 Å². The standard InChI is InChI=1S/C12H14N2O4/c1-17-9-4-3-8(7-10(9)18-2)14-6-5-11(15)13-12(14)16/h3-4,7H,5-6H2,1-2H3,(H,13,15,16). The number of carbonyl (C=O) groups excluding carboxylic acids is 2. The average Bonchev–Trinajstić information content (AvgIpc) is 2.38.